The van der Waals surface area contributed by atoms with E-state index in [0.29, 0.717) is 6.10 Å². The minimum absolute atomic E-state index is 0.0705. The molecule has 2 N–H and O–H groups in total. The molecule has 1 aromatic carbocycles. The fourth-order valence-corrected chi connectivity index (χ4v) is 2.41. The van der Waals surface area contributed by atoms with Gasteiger partial charge in [0.15, 0.2) is 0 Å². The van der Waals surface area contributed by atoms with Gasteiger partial charge >= 0.3 is 0 Å². The molecule has 1 aromatic rings. The van der Waals surface area contributed by atoms with Gasteiger partial charge in [0.05, 0.1) is 6.10 Å². The molecule has 0 radical (unpaired) electrons. The van der Waals surface area contributed by atoms with E-state index in [1.165, 1.54) is 31.2 Å². The number of hydrogen-bond acceptors (Lipinski definition) is 2. The van der Waals surface area contributed by atoms with Gasteiger partial charge in [-0.05, 0) is 56.2 Å². The summed E-state index contributed by atoms with van der Waals surface area (Å²) in [4.78, 5) is 0. The molecule has 0 aromatic heterocycles. The molecule has 0 unspecified atom stereocenters. The molecule has 0 aliphatic heterocycles. The average Bonchev–Trinajstić information content (AvgIpc) is 2.21. The standard InChI is InChI=1S/C14H19NO/c15-14(8-3-9-14)11-4-1-7-13(10-11)16-12-5-2-6-12/h1,4,7,10,12H,2-3,5-6,8-9,15H2. The van der Waals surface area contributed by atoms with Crippen molar-refractivity contribution >= 4 is 0 Å². The summed E-state index contributed by atoms with van der Waals surface area (Å²) >= 11 is 0. The third-order valence-corrected chi connectivity index (χ3v) is 4.01. The van der Waals surface area contributed by atoms with Crippen LogP contribution >= 0.6 is 0 Å². The molecular weight excluding hydrogens is 198 g/mol. The average molecular weight is 217 g/mol. The molecule has 2 aliphatic rings. The van der Waals surface area contributed by atoms with E-state index in [1.54, 1.807) is 0 Å². The normalized spacial score (nSPS) is 23.3. The minimum Gasteiger partial charge on any atom is -0.490 e. The Morgan fingerprint density at radius 1 is 1.19 bits per heavy atom. The van der Waals surface area contributed by atoms with Crippen molar-refractivity contribution in [3.05, 3.63) is 29.8 Å². The molecule has 2 fully saturated rings. The summed E-state index contributed by atoms with van der Waals surface area (Å²) in [5.74, 6) is 0.999. The maximum atomic E-state index is 6.31. The SMILES string of the molecule is NC1(c2cccc(OC3CCC3)c2)CCC1. The fourth-order valence-electron chi connectivity index (χ4n) is 2.41. The van der Waals surface area contributed by atoms with Crippen LogP contribution in [0.4, 0.5) is 0 Å². The lowest BCUT2D eigenvalue weighted by atomic mass is 9.73. The zero-order chi connectivity index (χ0) is 11.0. The summed E-state index contributed by atoms with van der Waals surface area (Å²) < 4.78 is 5.90. The van der Waals surface area contributed by atoms with Crippen molar-refractivity contribution in [3.63, 3.8) is 0 Å². The summed E-state index contributed by atoms with van der Waals surface area (Å²) in [6.07, 6.45) is 7.65. The molecule has 3 rings (SSSR count). The lowest BCUT2D eigenvalue weighted by Crippen LogP contribution is -2.43. The number of nitrogens with two attached hydrogens (primary N) is 1. The van der Waals surface area contributed by atoms with Gasteiger partial charge in [0, 0.05) is 5.54 Å². The lowest BCUT2D eigenvalue weighted by Gasteiger charge is -2.39. The molecule has 0 atom stereocenters. The van der Waals surface area contributed by atoms with Crippen molar-refractivity contribution < 1.29 is 4.74 Å². The highest BCUT2D eigenvalue weighted by atomic mass is 16.5. The van der Waals surface area contributed by atoms with E-state index in [0.717, 1.165) is 18.6 Å². The highest BCUT2D eigenvalue weighted by Crippen LogP contribution is 2.39. The van der Waals surface area contributed by atoms with Crippen molar-refractivity contribution in [2.24, 2.45) is 5.73 Å². The number of rotatable bonds is 3. The molecule has 0 saturated heterocycles. The van der Waals surface area contributed by atoms with Crippen molar-refractivity contribution in [1.82, 2.24) is 0 Å². The molecular formula is C14H19NO. The predicted molar refractivity (Wildman–Crippen MR) is 64.4 cm³/mol. The van der Waals surface area contributed by atoms with Crippen LogP contribution in [-0.4, -0.2) is 6.10 Å². The Balaban J connectivity index is 1.76. The minimum atomic E-state index is -0.0705. The molecule has 0 spiro atoms. The van der Waals surface area contributed by atoms with Crippen molar-refractivity contribution in [3.8, 4) is 5.75 Å². The Morgan fingerprint density at radius 3 is 2.56 bits per heavy atom. The Hall–Kier alpha value is -1.02. The summed E-state index contributed by atoms with van der Waals surface area (Å²) in [5.41, 5.74) is 7.49. The molecule has 0 heterocycles. The number of ether oxygens (including phenoxy) is 1. The zero-order valence-corrected chi connectivity index (χ0v) is 9.61. The highest BCUT2D eigenvalue weighted by Gasteiger charge is 2.34. The summed E-state index contributed by atoms with van der Waals surface area (Å²) in [7, 11) is 0. The maximum Gasteiger partial charge on any atom is 0.120 e. The van der Waals surface area contributed by atoms with E-state index < -0.39 is 0 Å². The second-order valence-corrected chi connectivity index (χ2v) is 5.21. The third-order valence-electron chi connectivity index (χ3n) is 4.01. The molecule has 16 heavy (non-hydrogen) atoms. The topological polar surface area (TPSA) is 35.2 Å². The van der Waals surface area contributed by atoms with E-state index in [1.807, 2.05) is 6.07 Å². The molecule has 2 saturated carbocycles. The molecule has 2 heteroatoms. The first-order chi connectivity index (χ1) is 7.76. The molecule has 0 amide bonds. The van der Waals surface area contributed by atoms with Crippen molar-refractivity contribution in [2.75, 3.05) is 0 Å². The van der Waals surface area contributed by atoms with Gasteiger partial charge < -0.3 is 10.5 Å². The maximum absolute atomic E-state index is 6.31. The van der Waals surface area contributed by atoms with Gasteiger partial charge in [-0.15, -0.1) is 0 Å². The number of benzene rings is 1. The van der Waals surface area contributed by atoms with Crippen LogP contribution in [0, 0.1) is 0 Å². The quantitative estimate of drug-likeness (QED) is 0.844. The number of hydrogen-bond donors (Lipinski definition) is 1. The van der Waals surface area contributed by atoms with E-state index in [2.05, 4.69) is 18.2 Å². The molecule has 2 nitrogen and oxygen atoms in total. The summed E-state index contributed by atoms with van der Waals surface area (Å²) in [5, 5.41) is 0. The van der Waals surface area contributed by atoms with Gasteiger partial charge in [-0.2, -0.15) is 0 Å². The zero-order valence-electron chi connectivity index (χ0n) is 9.61. The van der Waals surface area contributed by atoms with Crippen LogP contribution in [0.2, 0.25) is 0 Å². The Labute approximate surface area is 96.8 Å². The van der Waals surface area contributed by atoms with Gasteiger partial charge in [-0.1, -0.05) is 12.1 Å². The first kappa shape index (κ1) is 10.2. The second kappa shape index (κ2) is 3.77. The Bertz CT molecular complexity index is 380. The highest BCUT2D eigenvalue weighted by molar-refractivity contribution is 5.34. The molecule has 2 aliphatic carbocycles. The summed E-state index contributed by atoms with van der Waals surface area (Å²) in [6.45, 7) is 0. The van der Waals surface area contributed by atoms with Gasteiger partial charge in [-0.3, -0.25) is 0 Å². The van der Waals surface area contributed by atoms with Gasteiger partial charge in [-0.25, -0.2) is 0 Å². The van der Waals surface area contributed by atoms with Crippen LogP contribution < -0.4 is 10.5 Å². The van der Waals surface area contributed by atoms with Crippen LogP contribution in [0.1, 0.15) is 44.1 Å². The van der Waals surface area contributed by atoms with E-state index in [9.17, 15) is 0 Å². The van der Waals surface area contributed by atoms with E-state index >= 15 is 0 Å². The first-order valence-corrected chi connectivity index (χ1v) is 6.32. The third kappa shape index (κ3) is 1.71. The van der Waals surface area contributed by atoms with Crippen LogP contribution in [0.15, 0.2) is 24.3 Å². The van der Waals surface area contributed by atoms with Gasteiger partial charge in [0.25, 0.3) is 0 Å². The largest absolute Gasteiger partial charge is 0.490 e. The lowest BCUT2D eigenvalue weighted by molar-refractivity contribution is 0.120. The summed E-state index contributed by atoms with van der Waals surface area (Å²) in [6, 6.07) is 8.38. The van der Waals surface area contributed by atoms with Gasteiger partial charge in [0.2, 0.25) is 0 Å². The molecule has 86 valence electrons. The fraction of sp³-hybridized carbons (Fsp3) is 0.571. The molecule has 0 bridgehead atoms. The second-order valence-electron chi connectivity index (χ2n) is 5.21. The van der Waals surface area contributed by atoms with E-state index in [4.69, 9.17) is 10.5 Å². The monoisotopic (exact) mass is 217 g/mol. The predicted octanol–water partition coefficient (Wildman–Crippen LogP) is 2.96. The first-order valence-electron chi connectivity index (χ1n) is 6.32. The van der Waals surface area contributed by atoms with E-state index in [-0.39, 0.29) is 5.54 Å². The van der Waals surface area contributed by atoms with Crippen molar-refractivity contribution in [2.45, 2.75) is 50.2 Å². The smallest absolute Gasteiger partial charge is 0.120 e. The van der Waals surface area contributed by atoms with Gasteiger partial charge in [0.1, 0.15) is 5.75 Å². The Kier molecular flexibility index (Phi) is 2.40. The van der Waals surface area contributed by atoms with Crippen LogP contribution in [0.3, 0.4) is 0 Å². The van der Waals surface area contributed by atoms with Crippen LogP contribution in [0.5, 0.6) is 5.75 Å². The van der Waals surface area contributed by atoms with Crippen molar-refractivity contribution in [1.29, 1.82) is 0 Å². The Morgan fingerprint density at radius 2 is 2.00 bits per heavy atom. The van der Waals surface area contributed by atoms with Crippen LogP contribution in [0.25, 0.3) is 0 Å². The van der Waals surface area contributed by atoms with Crippen LogP contribution in [-0.2, 0) is 5.54 Å².